The molecular weight excluding hydrogens is 354 g/mol. The molecule has 0 saturated heterocycles. The van der Waals surface area contributed by atoms with Gasteiger partial charge in [0.05, 0.1) is 14.7 Å². The van der Waals surface area contributed by atoms with Crippen molar-refractivity contribution in [2.24, 2.45) is 0 Å². The lowest BCUT2D eigenvalue weighted by atomic mass is 10.2. The predicted molar refractivity (Wildman–Crippen MR) is 87.8 cm³/mol. The van der Waals surface area contributed by atoms with Gasteiger partial charge in [-0.25, -0.2) is 4.98 Å². The van der Waals surface area contributed by atoms with Gasteiger partial charge in [0.25, 0.3) is 5.91 Å². The maximum absolute atomic E-state index is 12.1. The van der Waals surface area contributed by atoms with Gasteiger partial charge in [0.1, 0.15) is 5.75 Å². The number of carbonyl (C=O) groups excluding carboxylic acids is 1. The first-order valence-corrected chi connectivity index (χ1v) is 7.60. The topological polar surface area (TPSA) is 88.2 Å². The summed E-state index contributed by atoms with van der Waals surface area (Å²) in [6.07, 6.45) is 0. The predicted octanol–water partition coefficient (Wildman–Crippen LogP) is 3.60. The Balaban J connectivity index is 1.87. The van der Waals surface area contributed by atoms with E-state index < -0.39 is 0 Å². The van der Waals surface area contributed by atoms with Gasteiger partial charge in [0.2, 0.25) is 0 Å². The molecule has 1 amide bonds. The van der Waals surface area contributed by atoms with Crippen LogP contribution in [0, 0.1) is 0 Å². The third-order valence-electron chi connectivity index (χ3n) is 2.84. The Hall–Kier alpha value is -2.12. The largest absolute Gasteiger partial charge is 0.507 e. The van der Waals surface area contributed by atoms with E-state index in [2.05, 4.69) is 26.2 Å². The molecule has 0 atom stereocenters. The molecule has 0 aliphatic heterocycles. The van der Waals surface area contributed by atoms with E-state index in [9.17, 15) is 9.90 Å². The molecule has 0 unspecified atom stereocenters. The zero-order valence-corrected chi connectivity index (χ0v) is 13.0. The summed E-state index contributed by atoms with van der Waals surface area (Å²) in [5.74, 6) is -0.315. The number of nitrogen functional groups attached to an aromatic ring is 1. The summed E-state index contributed by atoms with van der Waals surface area (Å²) in [6, 6.07) is 10.0. The molecule has 0 aliphatic rings. The van der Waals surface area contributed by atoms with Crippen molar-refractivity contribution in [3.63, 3.8) is 0 Å². The van der Waals surface area contributed by atoms with Gasteiger partial charge in [0.15, 0.2) is 5.13 Å². The van der Waals surface area contributed by atoms with E-state index in [4.69, 9.17) is 5.73 Å². The van der Waals surface area contributed by atoms with Crippen molar-refractivity contribution in [1.82, 2.24) is 4.98 Å². The number of halogens is 1. The van der Waals surface area contributed by atoms with Crippen molar-refractivity contribution in [1.29, 1.82) is 0 Å². The molecule has 0 fully saturated rings. The molecule has 3 aromatic rings. The molecule has 106 valence electrons. The van der Waals surface area contributed by atoms with Crippen molar-refractivity contribution in [3.8, 4) is 5.75 Å². The van der Waals surface area contributed by atoms with Crippen molar-refractivity contribution in [3.05, 3.63) is 46.4 Å². The quantitative estimate of drug-likeness (QED) is 0.607. The normalized spacial score (nSPS) is 10.7. The van der Waals surface area contributed by atoms with Crippen LogP contribution in [0.1, 0.15) is 10.4 Å². The number of carbonyl (C=O) groups is 1. The Morgan fingerprint density at radius 1 is 1.29 bits per heavy atom. The minimum absolute atomic E-state index is 0.0136. The molecule has 0 bridgehead atoms. The number of hydrogen-bond donors (Lipinski definition) is 3. The first-order chi connectivity index (χ1) is 10.0. The molecule has 0 radical (unpaired) electrons. The summed E-state index contributed by atoms with van der Waals surface area (Å²) in [6.45, 7) is 0. The number of aromatic nitrogens is 1. The number of aromatic hydroxyl groups is 1. The minimum Gasteiger partial charge on any atom is -0.507 e. The maximum atomic E-state index is 12.1. The molecule has 2 aromatic carbocycles. The second-order valence-electron chi connectivity index (χ2n) is 4.37. The van der Waals surface area contributed by atoms with Crippen LogP contribution >= 0.6 is 27.3 Å². The number of rotatable bonds is 2. The third-order valence-corrected chi connectivity index (χ3v) is 4.45. The average Bonchev–Trinajstić information content (AvgIpc) is 2.83. The monoisotopic (exact) mass is 363 g/mol. The molecular formula is C14H10BrN3O2S. The Kier molecular flexibility index (Phi) is 3.52. The number of anilines is 2. The second kappa shape index (κ2) is 5.34. The highest BCUT2D eigenvalue weighted by Gasteiger charge is 2.11. The van der Waals surface area contributed by atoms with Crippen molar-refractivity contribution < 1.29 is 9.90 Å². The number of benzene rings is 2. The van der Waals surface area contributed by atoms with Crippen LogP contribution in [-0.4, -0.2) is 16.0 Å². The van der Waals surface area contributed by atoms with Crippen LogP contribution in [0.5, 0.6) is 5.75 Å². The summed E-state index contributed by atoms with van der Waals surface area (Å²) in [5.41, 5.74) is 7.51. The summed E-state index contributed by atoms with van der Waals surface area (Å²) in [4.78, 5) is 16.4. The van der Waals surface area contributed by atoms with Crippen LogP contribution in [-0.2, 0) is 0 Å². The van der Waals surface area contributed by atoms with E-state index in [1.165, 1.54) is 17.4 Å². The van der Waals surface area contributed by atoms with E-state index in [-0.39, 0.29) is 11.7 Å². The van der Waals surface area contributed by atoms with Crippen LogP contribution < -0.4 is 11.1 Å². The summed E-state index contributed by atoms with van der Waals surface area (Å²) < 4.78 is 1.44. The van der Waals surface area contributed by atoms with Crippen LogP contribution in [0.4, 0.5) is 10.8 Å². The van der Waals surface area contributed by atoms with Gasteiger partial charge in [-0.1, -0.05) is 11.3 Å². The molecule has 1 heterocycles. The van der Waals surface area contributed by atoms with Crippen LogP contribution in [0.25, 0.3) is 10.2 Å². The number of fused-ring (bicyclic) bond motifs is 1. The molecule has 21 heavy (non-hydrogen) atoms. The lowest BCUT2D eigenvalue weighted by Gasteiger charge is -2.03. The van der Waals surface area contributed by atoms with Gasteiger partial charge in [-0.3, -0.25) is 10.1 Å². The van der Waals surface area contributed by atoms with E-state index in [1.54, 1.807) is 18.2 Å². The van der Waals surface area contributed by atoms with Crippen LogP contribution in [0.2, 0.25) is 0 Å². The number of nitrogens with two attached hydrogens (primary N) is 1. The van der Waals surface area contributed by atoms with Gasteiger partial charge in [-0.2, -0.15) is 0 Å². The van der Waals surface area contributed by atoms with E-state index in [1.807, 2.05) is 12.1 Å². The van der Waals surface area contributed by atoms with E-state index in [0.29, 0.717) is 20.9 Å². The maximum Gasteiger partial charge on any atom is 0.257 e. The molecule has 5 nitrogen and oxygen atoms in total. The van der Waals surface area contributed by atoms with Gasteiger partial charge in [-0.15, -0.1) is 0 Å². The lowest BCUT2D eigenvalue weighted by Crippen LogP contribution is -2.11. The highest BCUT2D eigenvalue weighted by atomic mass is 79.9. The van der Waals surface area contributed by atoms with Gasteiger partial charge >= 0.3 is 0 Å². The number of hydrogen-bond acceptors (Lipinski definition) is 5. The van der Waals surface area contributed by atoms with Crippen molar-refractivity contribution >= 4 is 54.2 Å². The molecule has 0 spiro atoms. The van der Waals surface area contributed by atoms with Crippen molar-refractivity contribution in [2.75, 3.05) is 11.1 Å². The molecule has 0 saturated carbocycles. The van der Waals surface area contributed by atoms with Crippen LogP contribution in [0.15, 0.2) is 40.9 Å². The first-order valence-electron chi connectivity index (χ1n) is 5.99. The number of phenols is 1. The second-order valence-corrected chi connectivity index (χ2v) is 6.25. The molecule has 3 rings (SSSR count). The lowest BCUT2D eigenvalue weighted by molar-refractivity contribution is 0.102. The Morgan fingerprint density at radius 2 is 2.10 bits per heavy atom. The fraction of sp³-hybridized carbons (Fsp3) is 0. The van der Waals surface area contributed by atoms with Gasteiger partial charge < -0.3 is 10.8 Å². The van der Waals surface area contributed by atoms with Crippen LogP contribution in [0.3, 0.4) is 0 Å². The smallest absolute Gasteiger partial charge is 0.257 e. The number of nitrogens with zero attached hydrogens (tertiary/aromatic N) is 1. The number of nitrogens with one attached hydrogen (secondary N) is 1. The third kappa shape index (κ3) is 2.84. The fourth-order valence-electron chi connectivity index (χ4n) is 1.82. The SMILES string of the molecule is Nc1ccc2nc(NC(=O)c3ccc(Br)c(O)c3)sc2c1. The molecule has 4 N–H and O–H groups in total. The highest BCUT2D eigenvalue weighted by molar-refractivity contribution is 9.10. The zero-order chi connectivity index (χ0) is 15.0. The van der Waals surface area contributed by atoms with Gasteiger partial charge in [-0.05, 0) is 52.3 Å². The minimum atomic E-state index is -0.329. The van der Waals surface area contributed by atoms with Gasteiger partial charge in [0, 0.05) is 11.3 Å². The zero-order valence-electron chi connectivity index (χ0n) is 10.6. The van der Waals surface area contributed by atoms with E-state index >= 15 is 0 Å². The number of phenolic OH excluding ortho intramolecular Hbond substituents is 1. The summed E-state index contributed by atoms with van der Waals surface area (Å²) in [7, 11) is 0. The Morgan fingerprint density at radius 3 is 2.86 bits per heavy atom. The van der Waals surface area contributed by atoms with Crippen molar-refractivity contribution in [2.45, 2.75) is 0 Å². The fourth-order valence-corrected chi connectivity index (χ4v) is 2.97. The Labute approximate surface area is 132 Å². The Bertz CT molecular complexity index is 847. The molecule has 0 aliphatic carbocycles. The summed E-state index contributed by atoms with van der Waals surface area (Å²) in [5, 5.41) is 12.8. The number of thiazole rings is 1. The average molecular weight is 364 g/mol. The molecule has 7 heteroatoms. The first kappa shape index (κ1) is 13.8. The standard InChI is InChI=1S/C14H10BrN3O2S/c15-9-3-1-7(5-11(9)19)13(20)18-14-17-10-4-2-8(16)6-12(10)21-14/h1-6,19H,16H2,(H,17,18,20). The summed E-state index contributed by atoms with van der Waals surface area (Å²) >= 11 is 4.52. The number of amides is 1. The van der Waals surface area contributed by atoms with E-state index in [0.717, 1.165) is 10.2 Å². The highest BCUT2D eigenvalue weighted by Crippen LogP contribution is 2.29. The molecule has 1 aromatic heterocycles.